The van der Waals surface area contributed by atoms with E-state index < -0.39 is 0 Å². The zero-order valence-electron chi connectivity index (χ0n) is 12.6. The van der Waals surface area contributed by atoms with E-state index in [1.54, 1.807) is 0 Å². The first-order chi connectivity index (χ1) is 7.97. The summed E-state index contributed by atoms with van der Waals surface area (Å²) in [5, 5.41) is 0. The number of carbonyl (C=O) groups excluding carboxylic acids is 1. The molecule has 0 radical (unpaired) electrons. The zero-order valence-corrected chi connectivity index (χ0v) is 13.4. The molecule has 0 aliphatic rings. The number of halogens is 1. The van der Waals surface area contributed by atoms with E-state index in [1.807, 2.05) is 4.90 Å². The number of carbonyl (C=O) groups is 1. The molecule has 0 aliphatic carbocycles. The van der Waals surface area contributed by atoms with E-state index in [4.69, 9.17) is 5.73 Å². The first-order valence-electron chi connectivity index (χ1n) is 7.03. The second-order valence-electron chi connectivity index (χ2n) is 5.25. The van der Waals surface area contributed by atoms with Crippen molar-refractivity contribution < 1.29 is 4.79 Å². The molecule has 0 rings (SSSR count). The van der Waals surface area contributed by atoms with Gasteiger partial charge in [-0.05, 0) is 25.2 Å². The van der Waals surface area contributed by atoms with Crippen LogP contribution < -0.4 is 5.73 Å². The van der Waals surface area contributed by atoms with Crippen LogP contribution in [0, 0.1) is 5.92 Å². The van der Waals surface area contributed by atoms with Crippen molar-refractivity contribution in [2.24, 2.45) is 11.7 Å². The zero-order chi connectivity index (χ0) is 13.4. The van der Waals surface area contributed by atoms with E-state index >= 15 is 0 Å². The number of amides is 1. The van der Waals surface area contributed by atoms with E-state index in [2.05, 4.69) is 34.6 Å². The molecule has 1 amide bonds. The summed E-state index contributed by atoms with van der Waals surface area (Å²) in [6.07, 6.45) is 3.76. The Morgan fingerprint density at radius 1 is 1.17 bits per heavy atom. The normalized spacial score (nSPS) is 12.4. The van der Waals surface area contributed by atoms with Crippen LogP contribution in [0.15, 0.2) is 0 Å². The molecule has 4 heteroatoms. The molecule has 18 heavy (non-hydrogen) atoms. The van der Waals surface area contributed by atoms with Gasteiger partial charge in [0.25, 0.3) is 0 Å². The number of nitrogens with two attached hydrogens (primary N) is 1. The van der Waals surface area contributed by atoms with Crippen LogP contribution in [0.3, 0.4) is 0 Å². The van der Waals surface area contributed by atoms with Gasteiger partial charge in [-0.2, -0.15) is 0 Å². The van der Waals surface area contributed by atoms with Gasteiger partial charge in [-0.15, -0.1) is 12.4 Å². The van der Waals surface area contributed by atoms with Crippen molar-refractivity contribution in [3.05, 3.63) is 0 Å². The highest BCUT2D eigenvalue weighted by atomic mass is 35.5. The van der Waals surface area contributed by atoms with Crippen LogP contribution in [0.1, 0.15) is 60.3 Å². The Labute approximate surface area is 119 Å². The van der Waals surface area contributed by atoms with Crippen LogP contribution in [0.5, 0.6) is 0 Å². The van der Waals surface area contributed by atoms with Gasteiger partial charge in [-0.25, -0.2) is 0 Å². The molecule has 3 nitrogen and oxygen atoms in total. The molecule has 0 aromatic carbocycles. The fourth-order valence-corrected chi connectivity index (χ4v) is 2.19. The molecule has 0 saturated heterocycles. The van der Waals surface area contributed by atoms with Crippen molar-refractivity contribution in [2.75, 3.05) is 6.54 Å². The van der Waals surface area contributed by atoms with Crippen molar-refractivity contribution in [1.82, 2.24) is 4.90 Å². The third-order valence-corrected chi connectivity index (χ3v) is 3.15. The molecule has 0 aromatic rings. The molecule has 0 saturated carbocycles. The summed E-state index contributed by atoms with van der Waals surface area (Å²) in [4.78, 5) is 14.3. The Kier molecular flexibility index (Phi) is 11.8. The standard InChI is InChI=1S/C14H30N2O.ClH/c1-6-9-13(15)14(17)16(10-11(4)5)12(7-2)8-3;/h11-13H,6-10,15H2,1-5H3;1H. The lowest BCUT2D eigenvalue weighted by atomic mass is 10.0. The Morgan fingerprint density at radius 3 is 2.00 bits per heavy atom. The molecule has 0 heterocycles. The van der Waals surface area contributed by atoms with Gasteiger partial charge < -0.3 is 10.6 Å². The van der Waals surface area contributed by atoms with E-state index in [1.165, 1.54) is 0 Å². The highest BCUT2D eigenvalue weighted by Crippen LogP contribution is 2.14. The second kappa shape index (κ2) is 10.6. The smallest absolute Gasteiger partial charge is 0.239 e. The lowest BCUT2D eigenvalue weighted by Crippen LogP contribution is -2.49. The van der Waals surface area contributed by atoms with Gasteiger partial charge in [-0.1, -0.05) is 41.0 Å². The summed E-state index contributed by atoms with van der Waals surface area (Å²) >= 11 is 0. The van der Waals surface area contributed by atoms with Crippen molar-refractivity contribution >= 4 is 18.3 Å². The summed E-state index contributed by atoms with van der Waals surface area (Å²) in [5.74, 6) is 0.627. The van der Waals surface area contributed by atoms with Gasteiger partial charge in [-0.3, -0.25) is 4.79 Å². The van der Waals surface area contributed by atoms with Gasteiger partial charge in [0.05, 0.1) is 6.04 Å². The van der Waals surface area contributed by atoms with E-state index in [-0.39, 0.29) is 24.4 Å². The molecule has 0 aliphatic heterocycles. The molecule has 1 atom stereocenters. The Bertz CT molecular complexity index is 218. The second-order valence-corrected chi connectivity index (χ2v) is 5.25. The maximum atomic E-state index is 12.3. The molecular weight excluding hydrogens is 248 g/mol. The number of nitrogens with zero attached hydrogens (tertiary/aromatic N) is 1. The molecule has 0 spiro atoms. The quantitative estimate of drug-likeness (QED) is 0.741. The van der Waals surface area contributed by atoms with Crippen molar-refractivity contribution in [3.63, 3.8) is 0 Å². The van der Waals surface area contributed by atoms with Crippen LogP contribution in [0.4, 0.5) is 0 Å². The highest BCUT2D eigenvalue weighted by molar-refractivity contribution is 5.85. The molecule has 0 bridgehead atoms. The minimum atomic E-state index is -0.320. The van der Waals surface area contributed by atoms with Crippen LogP contribution >= 0.6 is 12.4 Å². The van der Waals surface area contributed by atoms with Crippen molar-refractivity contribution in [3.8, 4) is 0 Å². The summed E-state index contributed by atoms with van der Waals surface area (Å²) in [5.41, 5.74) is 5.96. The topological polar surface area (TPSA) is 46.3 Å². The Balaban J connectivity index is 0. The van der Waals surface area contributed by atoms with E-state index in [9.17, 15) is 4.79 Å². The number of hydrogen-bond acceptors (Lipinski definition) is 2. The summed E-state index contributed by atoms with van der Waals surface area (Å²) in [6, 6.07) is 0.0205. The predicted molar refractivity (Wildman–Crippen MR) is 81.1 cm³/mol. The maximum Gasteiger partial charge on any atom is 0.239 e. The Hall–Kier alpha value is -0.280. The van der Waals surface area contributed by atoms with Gasteiger partial charge in [0, 0.05) is 12.6 Å². The van der Waals surface area contributed by atoms with Crippen molar-refractivity contribution in [1.29, 1.82) is 0 Å². The molecule has 0 fully saturated rings. The fourth-order valence-electron chi connectivity index (χ4n) is 2.19. The monoisotopic (exact) mass is 278 g/mol. The van der Waals surface area contributed by atoms with Gasteiger partial charge >= 0.3 is 0 Å². The summed E-state index contributed by atoms with van der Waals surface area (Å²) in [6.45, 7) is 11.5. The van der Waals surface area contributed by atoms with Gasteiger partial charge in [0.2, 0.25) is 5.91 Å². The average molecular weight is 279 g/mol. The summed E-state index contributed by atoms with van der Waals surface area (Å²) in [7, 11) is 0. The largest absolute Gasteiger partial charge is 0.338 e. The lowest BCUT2D eigenvalue weighted by Gasteiger charge is -2.34. The van der Waals surface area contributed by atoms with Crippen LogP contribution in [0.25, 0.3) is 0 Å². The molecule has 0 aromatic heterocycles. The van der Waals surface area contributed by atoms with Gasteiger partial charge in [0.1, 0.15) is 0 Å². The lowest BCUT2D eigenvalue weighted by molar-refractivity contribution is -0.136. The van der Waals surface area contributed by atoms with Crippen LogP contribution in [-0.4, -0.2) is 29.4 Å². The van der Waals surface area contributed by atoms with Crippen molar-refractivity contribution in [2.45, 2.75) is 72.4 Å². The average Bonchev–Trinajstić information content (AvgIpc) is 2.28. The van der Waals surface area contributed by atoms with Crippen LogP contribution in [-0.2, 0) is 4.79 Å². The van der Waals surface area contributed by atoms with E-state index in [0.717, 1.165) is 32.2 Å². The highest BCUT2D eigenvalue weighted by Gasteiger charge is 2.25. The summed E-state index contributed by atoms with van der Waals surface area (Å²) < 4.78 is 0. The molecular formula is C14H31ClN2O. The maximum absolute atomic E-state index is 12.3. The van der Waals surface area contributed by atoms with Crippen LogP contribution in [0.2, 0.25) is 0 Å². The first kappa shape index (κ1) is 20.0. The third-order valence-electron chi connectivity index (χ3n) is 3.15. The molecule has 1 unspecified atom stereocenters. The number of rotatable bonds is 8. The van der Waals surface area contributed by atoms with E-state index in [0.29, 0.717) is 12.0 Å². The molecule has 110 valence electrons. The number of hydrogen-bond donors (Lipinski definition) is 1. The minimum absolute atomic E-state index is 0. The third kappa shape index (κ3) is 6.60. The first-order valence-corrected chi connectivity index (χ1v) is 7.03. The minimum Gasteiger partial charge on any atom is -0.338 e. The van der Waals surface area contributed by atoms with Gasteiger partial charge in [0.15, 0.2) is 0 Å². The Morgan fingerprint density at radius 2 is 1.67 bits per heavy atom. The SMILES string of the molecule is CCCC(N)C(=O)N(CC(C)C)C(CC)CC.Cl. The molecule has 2 N–H and O–H groups in total. The fraction of sp³-hybridized carbons (Fsp3) is 0.929. The predicted octanol–water partition coefficient (Wildman–Crippen LogP) is 3.21.